The summed E-state index contributed by atoms with van der Waals surface area (Å²) < 4.78 is 1.64. The quantitative estimate of drug-likeness (QED) is 0.850. The molecule has 24 heavy (non-hydrogen) atoms. The number of nitrogens with zero attached hydrogens (tertiary/aromatic N) is 3. The first-order chi connectivity index (χ1) is 11.3. The summed E-state index contributed by atoms with van der Waals surface area (Å²) in [5.41, 5.74) is 1.64. The zero-order valence-corrected chi connectivity index (χ0v) is 15.5. The highest BCUT2D eigenvalue weighted by atomic mass is 32.1. The molecular weight excluding hydrogens is 318 g/mol. The van der Waals surface area contributed by atoms with Crippen LogP contribution in [0.5, 0.6) is 0 Å². The summed E-state index contributed by atoms with van der Waals surface area (Å²) in [6.07, 6.45) is 3.72. The number of aromatic nitrogens is 2. The van der Waals surface area contributed by atoms with Crippen LogP contribution in [0.3, 0.4) is 0 Å². The Bertz CT molecular complexity index is 795. The summed E-state index contributed by atoms with van der Waals surface area (Å²) in [5, 5.41) is 6.67. The van der Waals surface area contributed by atoms with E-state index in [9.17, 15) is 4.79 Å². The lowest BCUT2D eigenvalue weighted by molar-refractivity contribution is 0.119. The number of hydrogen-bond donors (Lipinski definition) is 0. The molecule has 4 rings (SSSR count). The first-order valence-electron chi connectivity index (χ1n) is 8.70. The van der Waals surface area contributed by atoms with Crippen molar-refractivity contribution in [1.82, 2.24) is 14.7 Å². The van der Waals surface area contributed by atoms with E-state index in [0.717, 1.165) is 17.1 Å². The second-order valence-electron chi connectivity index (χ2n) is 8.64. The van der Waals surface area contributed by atoms with Gasteiger partial charge in [0.05, 0.1) is 11.5 Å². The average molecular weight is 343 g/mol. The van der Waals surface area contributed by atoms with Crippen LogP contribution in [0.2, 0.25) is 0 Å². The van der Waals surface area contributed by atoms with Crippen LogP contribution in [0.4, 0.5) is 0 Å². The maximum absolute atomic E-state index is 12.3. The Hall–Kier alpha value is -1.46. The monoisotopic (exact) mass is 343 g/mol. The zero-order chi connectivity index (χ0) is 16.9. The lowest BCUT2D eigenvalue weighted by Crippen LogP contribution is -2.38. The molecule has 1 saturated heterocycles. The number of thiophene rings is 1. The molecule has 2 atom stereocenters. The highest BCUT2D eigenvalue weighted by Gasteiger charge is 2.49. The molecule has 128 valence electrons. The van der Waals surface area contributed by atoms with E-state index in [2.05, 4.69) is 30.8 Å². The van der Waals surface area contributed by atoms with E-state index in [4.69, 9.17) is 0 Å². The molecule has 0 aromatic carbocycles. The molecule has 5 heteroatoms. The maximum atomic E-state index is 12.3. The van der Waals surface area contributed by atoms with Crippen molar-refractivity contribution in [2.75, 3.05) is 6.54 Å². The number of fused-ring (bicyclic) bond motifs is 2. The first kappa shape index (κ1) is 16.0. The third kappa shape index (κ3) is 2.95. The molecule has 2 bridgehead atoms. The van der Waals surface area contributed by atoms with Crippen LogP contribution in [0, 0.1) is 10.8 Å². The van der Waals surface area contributed by atoms with Gasteiger partial charge in [-0.25, -0.2) is 4.68 Å². The smallest absolute Gasteiger partial charge is 0.268 e. The van der Waals surface area contributed by atoms with Gasteiger partial charge >= 0.3 is 0 Å². The lowest BCUT2D eigenvalue weighted by atomic mass is 9.65. The average Bonchev–Trinajstić information content (AvgIpc) is 3.07. The van der Waals surface area contributed by atoms with Gasteiger partial charge in [0.15, 0.2) is 0 Å². The molecule has 1 aliphatic heterocycles. The summed E-state index contributed by atoms with van der Waals surface area (Å²) >= 11 is 1.66. The Kier molecular flexibility index (Phi) is 3.69. The van der Waals surface area contributed by atoms with Gasteiger partial charge in [-0.15, -0.1) is 11.3 Å². The molecule has 2 aliphatic rings. The molecule has 0 amide bonds. The van der Waals surface area contributed by atoms with Crippen molar-refractivity contribution in [3.05, 3.63) is 40.0 Å². The normalized spacial score (nSPS) is 29.0. The molecular formula is C19H25N3OS. The van der Waals surface area contributed by atoms with Gasteiger partial charge < -0.3 is 0 Å². The van der Waals surface area contributed by atoms with Gasteiger partial charge in [0, 0.05) is 18.7 Å². The van der Waals surface area contributed by atoms with Crippen molar-refractivity contribution in [3.8, 4) is 10.6 Å². The third-order valence-corrected chi connectivity index (χ3v) is 6.37. The van der Waals surface area contributed by atoms with E-state index >= 15 is 0 Å². The molecule has 2 aromatic heterocycles. The highest BCUT2D eigenvalue weighted by Crippen LogP contribution is 2.52. The Labute approximate surface area is 147 Å². The first-order valence-corrected chi connectivity index (χ1v) is 9.58. The second-order valence-corrected chi connectivity index (χ2v) is 9.58. The number of rotatable bonds is 3. The number of likely N-dealkylation sites (tertiary alicyclic amines) is 1. The van der Waals surface area contributed by atoms with Crippen LogP contribution in [0.15, 0.2) is 34.4 Å². The van der Waals surface area contributed by atoms with Gasteiger partial charge in [-0.2, -0.15) is 5.10 Å². The van der Waals surface area contributed by atoms with Gasteiger partial charge in [-0.3, -0.25) is 9.69 Å². The molecule has 0 unspecified atom stereocenters. The molecule has 2 aromatic rings. The third-order valence-electron chi connectivity index (χ3n) is 5.48. The summed E-state index contributed by atoms with van der Waals surface area (Å²) in [5.74, 6) is 0. The van der Waals surface area contributed by atoms with Gasteiger partial charge in [-0.05, 0) is 47.6 Å². The molecule has 4 nitrogen and oxygen atoms in total. The number of hydrogen-bond acceptors (Lipinski definition) is 4. The summed E-state index contributed by atoms with van der Waals surface area (Å²) in [4.78, 5) is 15.9. The molecule has 1 aliphatic carbocycles. The molecule has 1 saturated carbocycles. The van der Waals surface area contributed by atoms with E-state index in [1.807, 2.05) is 23.6 Å². The van der Waals surface area contributed by atoms with Gasteiger partial charge in [-0.1, -0.05) is 26.8 Å². The molecule has 0 radical (unpaired) electrons. The minimum atomic E-state index is -0.0128. The van der Waals surface area contributed by atoms with E-state index in [-0.39, 0.29) is 5.56 Å². The predicted octanol–water partition coefficient (Wildman–Crippen LogP) is 3.83. The predicted molar refractivity (Wildman–Crippen MR) is 98.0 cm³/mol. The van der Waals surface area contributed by atoms with Crippen LogP contribution in [-0.2, 0) is 6.67 Å². The summed E-state index contributed by atoms with van der Waals surface area (Å²) in [6, 6.07) is 8.11. The topological polar surface area (TPSA) is 38.1 Å². The van der Waals surface area contributed by atoms with Gasteiger partial charge in [0.1, 0.15) is 5.69 Å². The lowest BCUT2D eigenvalue weighted by Gasteiger charge is -2.39. The van der Waals surface area contributed by atoms with Crippen molar-refractivity contribution < 1.29 is 0 Å². The minimum absolute atomic E-state index is 0.0128. The molecule has 2 fully saturated rings. The maximum Gasteiger partial charge on any atom is 0.268 e. The van der Waals surface area contributed by atoms with Crippen molar-refractivity contribution >= 4 is 11.3 Å². The van der Waals surface area contributed by atoms with E-state index < -0.39 is 0 Å². The highest BCUT2D eigenvalue weighted by molar-refractivity contribution is 7.13. The van der Waals surface area contributed by atoms with Crippen molar-refractivity contribution in [2.45, 2.75) is 52.7 Å². The van der Waals surface area contributed by atoms with Crippen molar-refractivity contribution in [2.24, 2.45) is 10.8 Å². The molecule has 0 spiro atoms. The van der Waals surface area contributed by atoms with Crippen LogP contribution in [-0.4, -0.2) is 27.3 Å². The van der Waals surface area contributed by atoms with E-state index in [0.29, 0.717) is 23.5 Å². The Morgan fingerprint density at radius 1 is 1.25 bits per heavy atom. The van der Waals surface area contributed by atoms with Crippen LogP contribution < -0.4 is 5.56 Å². The van der Waals surface area contributed by atoms with Gasteiger partial charge in [0.25, 0.3) is 5.56 Å². The van der Waals surface area contributed by atoms with Crippen molar-refractivity contribution in [1.29, 1.82) is 0 Å². The standard InChI is InChI=1S/C19H25N3OS/c1-18(2)9-14-10-19(3,11-18)12-21(14)13-22-17(23)7-6-15(20-22)16-5-4-8-24-16/h4-8,14H,9-13H2,1-3H3/t14-,19-/m0/s1. The fourth-order valence-corrected chi connectivity index (χ4v) is 5.71. The second kappa shape index (κ2) is 5.53. The molecule has 0 N–H and O–H groups in total. The minimum Gasteiger partial charge on any atom is -0.281 e. The van der Waals surface area contributed by atoms with Crippen LogP contribution in [0.1, 0.15) is 40.0 Å². The van der Waals surface area contributed by atoms with Crippen LogP contribution >= 0.6 is 11.3 Å². The Morgan fingerprint density at radius 2 is 2.08 bits per heavy atom. The zero-order valence-electron chi connectivity index (χ0n) is 14.7. The fourth-order valence-electron chi connectivity index (χ4n) is 5.02. The fraction of sp³-hybridized carbons (Fsp3) is 0.579. The van der Waals surface area contributed by atoms with E-state index in [1.165, 1.54) is 19.3 Å². The van der Waals surface area contributed by atoms with E-state index in [1.54, 1.807) is 22.1 Å². The Balaban J connectivity index is 1.60. The molecule has 3 heterocycles. The Morgan fingerprint density at radius 3 is 2.83 bits per heavy atom. The van der Waals surface area contributed by atoms with Gasteiger partial charge in [0.2, 0.25) is 0 Å². The largest absolute Gasteiger partial charge is 0.281 e. The SMILES string of the molecule is CC1(C)C[C@H]2C[C@](C)(CN2Cn2nc(-c3cccs3)ccc2=O)C1. The van der Waals surface area contributed by atoms with Crippen molar-refractivity contribution in [3.63, 3.8) is 0 Å². The summed E-state index contributed by atoms with van der Waals surface area (Å²) in [6.45, 7) is 8.83. The van der Waals surface area contributed by atoms with Crippen LogP contribution in [0.25, 0.3) is 10.6 Å². The summed E-state index contributed by atoms with van der Waals surface area (Å²) in [7, 11) is 0.